The van der Waals surface area contributed by atoms with E-state index < -0.39 is 5.60 Å². The van der Waals surface area contributed by atoms with E-state index in [4.69, 9.17) is 0 Å². The molecule has 0 bridgehead atoms. The van der Waals surface area contributed by atoms with Crippen LogP contribution in [0.25, 0.3) is 6.08 Å². The second kappa shape index (κ2) is 10.2. The van der Waals surface area contributed by atoms with Crippen LogP contribution >= 0.6 is 0 Å². The summed E-state index contributed by atoms with van der Waals surface area (Å²) in [6.07, 6.45) is 6.22. The molecule has 1 heterocycles. The number of likely N-dealkylation sites (N-methyl/N-ethyl adjacent to an activating group) is 1. The van der Waals surface area contributed by atoms with Crippen LogP contribution in [0, 0.1) is 17.6 Å². The Balaban J connectivity index is 1.68. The van der Waals surface area contributed by atoms with Crippen molar-refractivity contribution in [2.24, 2.45) is 5.92 Å². The fourth-order valence-electron chi connectivity index (χ4n) is 5.18. The van der Waals surface area contributed by atoms with E-state index in [0.29, 0.717) is 6.42 Å². The third-order valence-electron chi connectivity index (χ3n) is 7.13. The average Bonchev–Trinajstić information content (AvgIpc) is 2.91. The molecule has 1 saturated heterocycles. The first-order valence-corrected chi connectivity index (χ1v) is 11.8. The van der Waals surface area contributed by atoms with Gasteiger partial charge in [0.1, 0.15) is 11.6 Å². The van der Waals surface area contributed by atoms with Gasteiger partial charge in [-0.15, -0.1) is 0 Å². The molecule has 4 rings (SSSR count). The van der Waals surface area contributed by atoms with Crippen molar-refractivity contribution < 1.29 is 13.9 Å². The molecular weight excluding hydrogens is 406 g/mol. The molecular formula is C27H34F2N2O. The molecule has 1 aliphatic carbocycles. The zero-order chi connectivity index (χ0) is 22.6. The van der Waals surface area contributed by atoms with Gasteiger partial charge in [0.15, 0.2) is 0 Å². The Hall–Kier alpha value is -2.08. The van der Waals surface area contributed by atoms with Crippen molar-refractivity contribution in [2.45, 2.75) is 37.7 Å². The third-order valence-corrected chi connectivity index (χ3v) is 7.13. The highest BCUT2D eigenvalue weighted by Crippen LogP contribution is 2.41. The Morgan fingerprint density at radius 1 is 1.00 bits per heavy atom. The largest absolute Gasteiger partial charge is 0.385 e. The van der Waals surface area contributed by atoms with E-state index in [-0.39, 0.29) is 17.6 Å². The van der Waals surface area contributed by atoms with Crippen molar-refractivity contribution in [1.29, 1.82) is 0 Å². The average molecular weight is 441 g/mol. The van der Waals surface area contributed by atoms with Gasteiger partial charge in [0.25, 0.3) is 0 Å². The van der Waals surface area contributed by atoms with Gasteiger partial charge in [-0.2, -0.15) is 0 Å². The highest BCUT2D eigenvalue weighted by atomic mass is 19.1. The van der Waals surface area contributed by atoms with Crippen LogP contribution in [0.2, 0.25) is 0 Å². The van der Waals surface area contributed by atoms with Crippen LogP contribution in [-0.4, -0.2) is 60.3 Å². The lowest BCUT2D eigenvalue weighted by Gasteiger charge is -2.42. The van der Waals surface area contributed by atoms with Gasteiger partial charge in [-0.3, -0.25) is 0 Å². The van der Waals surface area contributed by atoms with E-state index in [0.717, 1.165) is 75.1 Å². The number of halogens is 2. The summed E-state index contributed by atoms with van der Waals surface area (Å²) in [5, 5.41) is 12.3. The first-order chi connectivity index (χ1) is 15.4. The Morgan fingerprint density at radius 3 is 2.47 bits per heavy atom. The summed E-state index contributed by atoms with van der Waals surface area (Å²) in [5.41, 5.74) is 1.61. The van der Waals surface area contributed by atoms with Crippen molar-refractivity contribution in [3.8, 4) is 0 Å². The monoisotopic (exact) mass is 440 g/mol. The SMILES string of the molecule is CN1CCN(CC2CCCCC(=Cc3ccc(F)cc3)C2(O)Cc2cccc(F)c2)CC1. The van der Waals surface area contributed by atoms with E-state index >= 15 is 0 Å². The van der Waals surface area contributed by atoms with E-state index in [1.807, 2.05) is 12.1 Å². The van der Waals surface area contributed by atoms with Gasteiger partial charge in [0, 0.05) is 45.1 Å². The minimum atomic E-state index is -1.07. The van der Waals surface area contributed by atoms with Gasteiger partial charge >= 0.3 is 0 Å². The second-order valence-corrected chi connectivity index (χ2v) is 9.50. The van der Waals surface area contributed by atoms with Crippen LogP contribution < -0.4 is 0 Å². The number of hydrogen-bond donors (Lipinski definition) is 1. The van der Waals surface area contributed by atoms with Crippen molar-refractivity contribution in [3.05, 3.63) is 76.9 Å². The summed E-state index contributed by atoms with van der Waals surface area (Å²) >= 11 is 0. The molecule has 0 spiro atoms. The quantitative estimate of drug-likeness (QED) is 0.679. The molecule has 0 aromatic heterocycles. The Morgan fingerprint density at radius 2 is 1.75 bits per heavy atom. The van der Waals surface area contributed by atoms with Crippen molar-refractivity contribution in [1.82, 2.24) is 9.80 Å². The smallest absolute Gasteiger partial charge is 0.123 e. The molecule has 1 aliphatic heterocycles. The fraction of sp³-hybridized carbons (Fsp3) is 0.481. The number of hydrogen-bond acceptors (Lipinski definition) is 3. The number of nitrogens with zero attached hydrogens (tertiary/aromatic N) is 2. The lowest BCUT2D eigenvalue weighted by Crippen LogP contribution is -2.51. The van der Waals surface area contributed by atoms with Gasteiger partial charge in [-0.05, 0) is 67.3 Å². The Kier molecular flexibility index (Phi) is 7.39. The van der Waals surface area contributed by atoms with Crippen LogP contribution in [0.1, 0.15) is 36.8 Å². The molecule has 172 valence electrons. The summed E-state index contributed by atoms with van der Waals surface area (Å²) in [7, 11) is 2.15. The first-order valence-electron chi connectivity index (χ1n) is 11.8. The van der Waals surface area contributed by atoms with Gasteiger partial charge < -0.3 is 14.9 Å². The van der Waals surface area contributed by atoms with E-state index in [2.05, 4.69) is 16.8 Å². The molecule has 2 aliphatic rings. The van der Waals surface area contributed by atoms with Gasteiger partial charge in [0.2, 0.25) is 0 Å². The first kappa shape index (κ1) is 23.1. The standard InChI is InChI=1S/C27H34F2N2O/c1-30-13-15-31(16-14-30)20-24-7-3-2-6-23(17-21-9-11-25(28)12-10-21)27(24,32)19-22-5-4-8-26(29)18-22/h4-5,8-12,17-18,24,32H,2-3,6-7,13-16,19-20H2,1H3. The summed E-state index contributed by atoms with van der Waals surface area (Å²) in [6.45, 7) is 4.90. The summed E-state index contributed by atoms with van der Waals surface area (Å²) in [6, 6.07) is 13.0. The maximum absolute atomic E-state index is 14.0. The number of rotatable bonds is 5. The van der Waals surface area contributed by atoms with Gasteiger partial charge in [-0.25, -0.2) is 8.78 Å². The van der Waals surface area contributed by atoms with Crippen molar-refractivity contribution in [2.75, 3.05) is 39.8 Å². The van der Waals surface area contributed by atoms with Crippen LogP contribution in [0.15, 0.2) is 54.1 Å². The van der Waals surface area contributed by atoms with Crippen LogP contribution in [0.3, 0.4) is 0 Å². The third kappa shape index (κ3) is 5.64. The Bertz CT molecular complexity index is 922. The summed E-state index contributed by atoms with van der Waals surface area (Å²) in [4.78, 5) is 4.80. The lowest BCUT2D eigenvalue weighted by atomic mass is 9.74. The molecule has 0 amide bonds. The minimum Gasteiger partial charge on any atom is -0.385 e. The molecule has 32 heavy (non-hydrogen) atoms. The van der Waals surface area contributed by atoms with E-state index in [1.54, 1.807) is 18.2 Å². The molecule has 2 fully saturated rings. The van der Waals surface area contributed by atoms with Gasteiger partial charge in [-0.1, -0.05) is 36.8 Å². The number of aliphatic hydroxyl groups is 1. The molecule has 5 heteroatoms. The van der Waals surface area contributed by atoms with Crippen molar-refractivity contribution >= 4 is 6.08 Å². The predicted octanol–water partition coefficient (Wildman–Crippen LogP) is 4.76. The maximum Gasteiger partial charge on any atom is 0.123 e. The highest BCUT2D eigenvalue weighted by Gasteiger charge is 2.42. The van der Waals surface area contributed by atoms with Gasteiger partial charge in [0.05, 0.1) is 5.60 Å². The zero-order valence-corrected chi connectivity index (χ0v) is 18.9. The molecule has 2 atom stereocenters. The molecule has 2 aromatic rings. The van der Waals surface area contributed by atoms with Crippen molar-refractivity contribution in [3.63, 3.8) is 0 Å². The molecule has 0 radical (unpaired) electrons. The highest BCUT2D eigenvalue weighted by molar-refractivity contribution is 5.56. The van der Waals surface area contributed by atoms with Crippen LogP contribution in [-0.2, 0) is 6.42 Å². The molecule has 2 unspecified atom stereocenters. The second-order valence-electron chi connectivity index (χ2n) is 9.50. The van der Waals surface area contributed by atoms with Crippen LogP contribution in [0.4, 0.5) is 8.78 Å². The van der Waals surface area contributed by atoms with Crippen LogP contribution in [0.5, 0.6) is 0 Å². The molecule has 1 N–H and O–H groups in total. The fourth-order valence-corrected chi connectivity index (χ4v) is 5.18. The molecule has 3 nitrogen and oxygen atoms in total. The molecule has 2 aromatic carbocycles. The normalized spacial score (nSPS) is 26.9. The lowest BCUT2D eigenvalue weighted by molar-refractivity contribution is -0.00646. The maximum atomic E-state index is 14.0. The minimum absolute atomic E-state index is 0.0587. The summed E-state index contributed by atoms with van der Waals surface area (Å²) < 4.78 is 27.4. The van der Waals surface area contributed by atoms with E-state index in [1.165, 1.54) is 24.3 Å². The topological polar surface area (TPSA) is 26.7 Å². The Labute approximate surface area is 190 Å². The predicted molar refractivity (Wildman–Crippen MR) is 125 cm³/mol. The summed E-state index contributed by atoms with van der Waals surface area (Å²) in [5.74, 6) is -0.487. The number of benzene rings is 2. The molecule has 1 saturated carbocycles. The zero-order valence-electron chi connectivity index (χ0n) is 18.9. The number of piperazine rings is 1. The van der Waals surface area contributed by atoms with E-state index in [9.17, 15) is 13.9 Å².